The second kappa shape index (κ2) is 14.1. The zero-order valence-electron chi connectivity index (χ0n) is 21.5. The summed E-state index contributed by atoms with van der Waals surface area (Å²) in [7, 11) is -3.88. The molecule has 3 rings (SSSR count). The van der Waals surface area contributed by atoms with Crippen LogP contribution in [0.25, 0.3) is 10.8 Å². The summed E-state index contributed by atoms with van der Waals surface area (Å²) in [6, 6.07) is 15.9. The predicted molar refractivity (Wildman–Crippen MR) is 143 cm³/mol. The van der Waals surface area contributed by atoms with Crippen LogP contribution in [-0.4, -0.2) is 55.3 Å². The smallest absolute Gasteiger partial charge is 0.475 e. The number of anilines is 1. The lowest BCUT2D eigenvalue weighted by molar-refractivity contribution is -0.192. The molecule has 0 saturated heterocycles. The Morgan fingerprint density at radius 2 is 1.73 bits per heavy atom. The van der Waals surface area contributed by atoms with E-state index in [2.05, 4.69) is 15.5 Å². The minimum Gasteiger partial charge on any atom is -0.475 e. The molecule has 0 aliphatic rings. The fourth-order valence-electron chi connectivity index (χ4n) is 3.27. The maximum absolute atomic E-state index is 12.9. The summed E-state index contributed by atoms with van der Waals surface area (Å²) in [5.74, 6) is -3.89. The van der Waals surface area contributed by atoms with Crippen molar-refractivity contribution in [3.8, 4) is 0 Å². The molecule has 1 amide bonds. The van der Waals surface area contributed by atoms with Crippen LogP contribution in [0.15, 0.2) is 59.4 Å². The predicted octanol–water partition coefficient (Wildman–Crippen LogP) is 1.42. The summed E-state index contributed by atoms with van der Waals surface area (Å²) in [4.78, 5) is 38.8. The van der Waals surface area contributed by atoms with Crippen LogP contribution in [0.2, 0.25) is 0 Å². The first-order valence-electron chi connectivity index (χ1n) is 11.6. The molecule has 0 fully saturated rings. The fraction of sp³-hybridized carbons (Fsp3) is 0.250. The number of fused-ring (bicyclic) bond motifs is 1. The SMILES string of the molecule is Cc1ccc(NS(=O)(=O)Cc2ccc3ccccc3c2)c(=O)n1CC(=O)NCCONC(=N)N.O=C(O)C(F)(F)F. The molecule has 222 valence electrons. The molecule has 0 atom stereocenters. The van der Waals surface area contributed by atoms with E-state index in [1.165, 1.54) is 10.6 Å². The van der Waals surface area contributed by atoms with Crippen LogP contribution in [0, 0.1) is 12.3 Å². The molecule has 7 N–H and O–H groups in total. The number of nitrogens with two attached hydrogens (primary N) is 1. The number of alkyl halides is 3. The second-order valence-corrected chi connectivity index (χ2v) is 10.1. The van der Waals surface area contributed by atoms with Gasteiger partial charge in [0.15, 0.2) is 0 Å². The Hall–Kier alpha value is -4.64. The first-order valence-corrected chi connectivity index (χ1v) is 13.2. The standard InChI is InChI=1S/C22H26N6O5S.C2HF3O2/c1-15-6-9-19(21(30)28(15)13-20(29)25-10-11-33-26-22(23)24)27-34(31,32)14-16-7-8-17-4-2-3-5-18(17)12-16;3-2(4,5)1(6)7/h2-9,12,27H,10-11,13-14H2,1H3,(H,25,29)(H4,23,24,26);(H,6,7). The summed E-state index contributed by atoms with van der Waals surface area (Å²) in [5.41, 5.74) is 7.50. The van der Waals surface area contributed by atoms with Crippen molar-refractivity contribution in [1.29, 1.82) is 5.41 Å². The van der Waals surface area contributed by atoms with Crippen molar-refractivity contribution in [3.63, 3.8) is 0 Å². The summed E-state index contributed by atoms with van der Waals surface area (Å²) >= 11 is 0. The number of aromatic nitrogens is 1. The molecule has 1 heterocycles. The van der Waals surface area contributed by atoms with Gasteiger partial charge in [-0.1, -0.05) is 42.5 Å². The average molecular weight is 601 g/mol. The van der Waals surface area contributed by atoms with Crippen LogP contribution in [-0.2, 0) is 36.7 Å². The van der Waals surface area contributed by atoms with Gasteiger partial charge in [-0.25, -0.2) is 18.7 Å². The van der Waals surface area contributed by atoms with Gasteiger partial charge in [-0.3, -0.25) is 24.6 Å². The summed E-state index contributed by atoms with van der Waals surface area (Å²) in [6.07, 6.45) is -5.08. The van der Waals surface area contributed by atoms with E-state index in [9.17, 15) is 31.2 Å². The van der Waals surface area contributed by atoms with Gasteiger partial charge in [-0.15, -0.1) is 0 Å². The van der Waals surface area contributed by atoms with E-state index in [-0.39, 0.29) is 37.1 Å². The molecule has 0 radical (unpaired) electrons. The normalized spacial score (nSPS) is 11.2. The molecule has 17 heteroatoms. The Morgan fingerprint density at radius 3 is 2.34 bits per heavy atom. The molecule has 41 heavy (non-hydrogen) atoms. The third-order valence-electron chi connectivity index (χ3n) is 5.08. The van der Waals surface area contributed by atoms with Crippen LogP contribution >= 0.6 is 0 Å². The lowest BCUT2D eigenvalue weighted by atomic mass is 10.1. The third kappa shape index (κ3) is 10.8. The number of carboxylic acid groups (broad SMARTS) is 1. The number of hydrogen-bond donors (Lipinski definition) is 6. The van der Waals surface area contributed by atoms with Gasteiger partial charge in [-0.2, -0.15) is 13.2 Å². The van der Waals surface area contributed by atoms with Gasteiger partial charge in [0.1, 0.15) is 12.2 Å². The van der Waals surface area contributed by atoms with Gasteiger partial charge in [0.25, 0.3) is 5.56 Å². The van der Waals surface area contributed by atoms with Crippen molar-refractivity contribution in [3.05, 3.63) is 76.2 Å². The molecular weight excluding hydrogens is 573 g/mol. The van der Waals surface area contributed by atoms with Crippen molar-refractivity contribution in [2.24, 2.45) is 5.73 Å². The molecule has 0 spiro atoms. The lowest BCUT2D eigenvalue weighted by Gasteiger charge is -2.14. The number of nitrogens with one attached hydrogen (secondary N) is 4. The summed E-state index contributed by atoms with van der Waals surface area (Å²) in [6.45, 7) is 1.51. The highest BCUT2D eigenvalue weighted by atomic mass is 32.2. The molecule has 0 bridgehead atoms. The molecule has 0 saturated carbocycles. The van der Waals surface area contributed by atoms with Crippen LogP contribution in [0.3, 0.4) is 0 Å². The topological polar surface area (TPSA) is 206 Å². The fourth-order valence-corrected chi connectivity index (χ4v) is 4.45. The van der Waals surface area contributed by atoms with Crippen LogP contribution in [0.5, 0.6) is 0 Å². The van der Waals surface area contributed by atoms with Gasteiger partial charge in [-0.05, 0) is 35.4 Å². The number of amides is 1. The highest BCUT2D eigenvalue weighted by Crippen LogP contribution is 2.18. The number of aliphatic carboxylic acids is 1. The number of carbonyl (C=O) groups excluding carboxylic acids is 1. The largest absolute Gasteiger partial charge is 0.490 e. The van der Waals surface area contributed by atoms with E-state index in [1.807, 2.05) is 30.3 Å². The number of rotatable bonds is 10. The number of hydrogen-bond acceptors (Lipinski definition) is 7. The Kier molecular flexibility index (Phi) is 11.2. The first-order chi connectivity index (χ1) is 19.1. The summed E-state index contributed by atoms with van der Waals surface area (Å²) in [5, 5.41) is 18.6. The van der Waals surface area contributed by atoms with Crippen molar-refractivity contribution in [1.82, 2.24) is 15.4 Å². The van der Waals surface area contributed by atoms with Gasteiger partial charge >= 0.3 is 12.1 Å². The Balaban J connectivity index is 0.000000745. The highest BCUT2D eigenvalue weighted by Gasteiger charge is 2.38. The van der Waals surface area contributed by atoms with Gasteiger partial charge in [0.05, 0.1) is 12.4 Å². The summed E-state index contributed by atoms with van der Waals surface area (Å²) < 4.78 is 60.7. The molecule has 0 aliphatic carbocycles. The third-order valence-corrected chi connectivity index (χ3v) is 6.33. The number of hydroxylamine groups is 1. The molecule has 2 aromatic carbocycles. The molecule has 1 aromatic heterocycles. The lowest BCUT2D eigenvalue weighted by Crippen LogP contribution is -2.37. The minimum atomic E-state index is -5.08. The number of guanidine groups is 1. The van der Waals surface area contributed by atoms with E-state index < -0.39 is 33.6 Å². The number of carbonyl (C=O) groups is 2. The molecular formula is C24H27F3N6O7S. The zero-order chi connectivity index (χ0) is 30.8. The van der Waals surface area contributed by atoms with Gasteiger partial charge in [0, 0.05) is 12.2 Å². The minimum absolute atomic E-state index is 0.0494. The zero-order valence-corrected chi connectivity index (χ0v) is 22.3. The number of pyridine rings is 1. The van der Waals surface area contributed by atoms with Crippen LogP contribution in [0.1, 0.15) is 11.3 Å². The Labute approximate surface area is 231 Å². The maximum atomic E-state index is 12.9. The number of carboxylic acids is 1. The van der Waals surface area contributed by atoms with Gasteiger partial charge < -0.3 is 20.7 Å². The molecule has 13 nitrogen and oxygen atoms in total. The molecule has 0 aliphatic heterocycles. The van der Waals surface area contributed by atoms with E-state index in [1.54, 1.807) is 25.1 Å². The first kappa shape index (κ1) is 32.6. The Bertz CT molecular complexity index is 1580. The highest BCUT2D eigenvalue weighted by molar-refractivity contribution is 7.91. The average Bonchev–Trinajstić information content (AvgIpc) is 2.87. The monoisotopic (exact) mass is 600 g/mol. The number of sulfonamides is 1. The van der Waals surface area contributed by atoms with E-state index in [4.69, 9.17) is 25.9 Å². The number of aryl methyl sites for hydroxylation is 1. The number of halogens is 3. The van der Waals surface area contributed by atoms with E-state index in [0.717, 1.165) is 10.8 Å². The van der Waals surface area contributed by atoms with Crippen LogP contribution in [0.4, 0.5) is 18.9 Å². The van der Waals surface area contributed by atoms with Crippen molar-refractivity contribution >= 4 is 44.3 Å². The second-order valence-electron chi connectivity index (χ2n) is 8.34. The van der Waals surface area contributed by atoms with E-state index >= 15 is 0 Å². The Morgan fingerprint density at radius 1 is 1.10 bits per heavy atom. The number of nitrogens with zero attached hydrogens (tertiary/aromatic N) is 1. The van der Waals surface area contributed by atoms with Gasteiger partial charge in [0.2, 0.25) is 21.9 Å². The molecule has 3 aromatic rings. The maximum Gasteiger partial charge on any atom is 0.490 e. The van der Waals surface area contributed by atoms with Crippen molar-refractivity contribution < 1.29 is 41.1 Å². The van der Waals surface area contributed by atoms with Crippen molar-refractivity contribution in [2.45, 2.75) is 25.4 Å². The quantitative estimate of drug-likeness (QED) is 0.0860. The van der Waals surface area contributed by atoms with E-state index in [0.29, 0.717) is 11.3 Å². The van der Waals surface area contributed by atoms with Crippen LogP contribution < -0.4 is 26.8 Å². The number of benzene rings is 2. The van der Waals surface area contributed by atoms with Crippen molar-refractivity contribution in [2.75, 3.05) is 17.9 Å². The molecule has 0 unspecified atom stereocenters.